The van der Waals surface area contributed by atoms with E-state index in [1.54, 1.807) is 12.1 Å². The molecular formula is C17H16Cl2N2. The molecule has 2 rings (SSSR count). The van der Waals surface area contributed by atoms with E-state index >= 15 is 0 Å². The van der Waals surface area contributed by atoms with Gasteiger partial charge in [0.1, 0.15) is 0 Å². The van der Waals surface area contributed by atoms with Gasteiger partial charge in [0.05, 0.1) is 12.0 Å². The van der Waals surface area contributed by atoms with E-state index in [2.05, 4.69) is 6.07 Å². The molecule has 0 aliphatic carbocycles. The largest absolute Gasteiger partial charge is 0.378 e. The Morgan fingerprint density at radius 2 is 1.76 bits per heavy atom. The molecule has 0 bridgehead atoms. The lowest BCUT2D eigenvalue weighted by molar-refractivity contribution is 0.849. The summed E-state index contributed by atoms with van der Waals surface area (Å²) in [7, 11) is 4.00. The number of nitrogens with zero attached hydrogens (tertiary/aromatic N) is 2. The van der Waals surface area contributed by atoms with Crippen LogP contribution in [0.15, 0.2) is 42.5 Å². The first-order valence-corrected chi connectivity index (χ1v) is 7.37. The topological polar surface area (TPSA) is 27.0 Å². The fraction of sp³-hybridized carbons (Fsp3) is 0.235. The van der Waals surface area contributed by atoms with Crippen molar-refractivity contribution >= 4 is 28.9 Å². The highest BCUT2D eigenvalue weighted by Gasteiger charge is 2.15. The number of hydrogen-bond acceptors (Lipinski definition) is 2. The predicted molar refractivity (Wildman–Crippen MR) is 89.3 cm³/mol. The first-order chi connectivity index (χ1) is 10.0. The summed E-state index contributed by atoms with van der Waals surface area (Å²) in [6.07, 6.45) is 0.631. The van der Waals surface area contributed by atoms with E-state index in [0.717, 1.165) is 16.8 Å². The molecule has 2 nitrogen and oxygen atoms in total. The van der Waals surface area contributed by atoms with Crippen molar-refractivity contribution in [1.82, 2.24) is 0 Å². The van der Waals surface area contributed by atoms with Crippen molar-refractivity contribution in [2.75, 3.05) is 19.0 Å². The molecule has 4 heteroatoms. The fourth-order valence-electron chi connectivity index (χ4n) is 2.18. The quantitative estimate of drug-likeness (QED) is 0.800. The summed E-state index contributed by atoms with van der Waals surface area (Å²) in [6, 6.07) is 15.8. The molecule has 0 saturated carbocycles. The second kappa shape index (κ2) is 6.85. The van der Waals surface area contributed by atoms with E-state index in [4.69, 9.17) is 23.2 Å². The van der Waals surface area contributed by atoms with Crippen molar-refractivity contribution in [1.29, 1.82) is 5.26 Å². The number of rotatable bonds is 4. The molecule has 2 aromatic rings. The molecule has 21 heavy (non-hydrogen) atoms. The summed E-state index contributed by atoms with van der Waals surface area (Å²) in [5.41, 5.74) is 3.07. The Morgan fingerprint density at radius 1 is 1.10 bits per heavy atom. The maximum atomic E-state index is 9.43. The molecule has 0 fully saturated rings. The SMILES string of the molecule is CN(C)c1ccc(CC(C#N)c2ccc(Cl)cc2Cl)cc1. The highest BCUT2D eigenvalue weighted by molar-refractivity contribution is 6.35. The van der Waals surface area contributed by atoms with Crippen LogP contribution in [0.1, 0.15) is 17.0 Å². The minimum atomic E-state index is -0.278. The van der Waals surface area contributed by atoms with Gasteiger partial charge in [-0.25, -0.2) is 0 Å². The molecule has 0 saturated heterocycles. The van der Waals surface area contributed by atoms with Crippen LogP contribution in [-0.4, -0.2) is 14.1 Å². The minimum Gasteiger partial charge on any atom is -0.378 e. The Balaban J connectivity index is 2.21. The van der Waals surface area contributed by atoms with Gasteiger partial charge in [-0.3, -0.25) is 0 Å². The maximum Gasteiger partial charge on any atom is 0.0767 e. The Bertz CT molecular complexity index is 657. The van der Waals surface area contributed by atoms with Gasteiger partial charge in [-0.15, -0.1) is 0 Å². The molecule has 1 atom stereocenters. The van der Waals surface area contributed by atoms with Crippen molar-refractivity contribution in [2.45, 2.75) is 12.3 Å². The van der Waals surface area contributed by atoms with E-state index in [1.807, 2.05) is 49.3 Å². The first kappa shape index (κ1) is 15.7. The summed E-state index contributed by atoms with van der Waals surface area (Å²) >= 11 is 12.1. The van der Waals surface area contributed by atoms with Crippen molar-refractivity contribution in [3.8, 4) is 6.07 Å². The van der Waals surface area contributed by atoms with E-state index < -0.39 is 0 Å². The van der Waals surface area contributed by atoms with Gasteiger partial charge in [-0.2, -0.15) is 5.26 Å². The molecule has 0 aliphatic heterocycles. The zero-order valence-corrected chi connectivity index (χ0v) is 13.5. The van der Waals surface area contributed by atoms with E-state index in [-0.39, 0.29) is 5.92 Å². The van der Waals surface area contributed by atoms with Gasteiger partial charge in [0.15, 0.2) is 0 Å². The Morgan fingerprint density at radius 3 is 2.29 bits per heavy atom. The van der Waals surface area contributed by atoms with E-state index in [0.29, 0.717) is 16.5 Å². The number of anilines is 1. The van der Waals surface area contributed by atoms with Crippen LogP contribution < -0.4 is 4.90 Å². The van der Waals surface area contributed by atoms with Gasteiger partial charge in [-0.1, -0.05) is 41.4 Å². The third-order valence-corrected chi connectivity index (χ3v) is 3.95. The van der Waals surface area contributed by atoms with Crippen molar-refractivity contribution in [2.24, 2.45) is 0 Å². The molecule has 0 N–H and O–H groups in total. The van der Waals surface area contributed by atoms with Gasteiger partial charge >= 0.3 is 0 Å². The predicted octanol–water partition coefficient (Wildman–Crippen LogP) is 4.91. The lowest BCUT2D eigenvalue weighted by Crippen LogP contribution is -2.08. The minimum absolute atomic E-state index is 0.278. The van der Waals surface area contributed by atoms with Crippen LogP contribution in [0.5, 0.6) is 0 Å². The molecule has 0 heterocycles. The van der Waals surface area contributed by atoms with Crippen LogP contribution in [0.3, 0.4) is 0 Å². The van der Waals surface area contributed by atoms with Crippen molar-refractivity contribution in [3.63, 3.8) is 0 Å². The standard InChI is InChI=1S/C17H16Cl2N2/c1-21(2)15-6-3-12(4-7-15)9-13(11-20)16-8-5-14(18)10-17(16)19/h3-8,10,13H,9H2,1-2H3. The van der Waals surface area contributed by atoms with Crippen LogP contribution in [0.25, 0.3) is 0 Å². The number of halogens is 2. The average Bonchev–Trinajstić information content (AvgIpc) is 2.46. The number of nitriles is 1. The molecule has 0 aliphatic rings. The highest BCUT2D eigenvalue weighted by atomic mass is 35.5. The summed E-state index contributed by atoms with van der Waals surface area (Å²) in [5.74, 6) is -0.278. The zero-order valence-electron chi connectivity index (χ0n) is 12.0. The Labute approximate surface area is 135 Å². The summed E-state index contributed by atoms with van der Waals surface area (Å²) in [5, 5.41) is 10.5. The third kappa shape index (κ3) is 3.91. The van der Waals surface area contributed by atoms with Crippen LogP contribution in [0, 0.1) is 11.3 Å². The maximum absolute atomic E-state index is 9.43. The first-order valence-electron chi connectivity index (χ1n) is 6.62. The van der Waals surface area contributed by atoms with Crippen molar-refractivity contribution < 1.29 is 0 Å². The normalized spacial score (nSPS) is 11.8. The second-order valence-electron chi connectivity index (χ2n) is 5.11. The molecule has 108 valence electrons. The summed E-state index contributed by atoms with van der Waals surface area (Å²) < 4.78 is 0. The molecule has 1 unspecified atom stereocenters. The van der Waals surface area contributed by atoms with Gasteiger partial charge in [0.25, 0.3) is 0 Å². The van der Waals surface area contributed by atoms with Gasteiger partial charge < -0.3 is 4.90 Å². The molecule has 2 aromatic carbocycles. The van der Waals surface area contributed by atoms with Crippen molar-refractivity contribution in [3.05, 3.63) is 63.6 Å². The summed E-state index contributed by atoms with van der Waals surface area (Å²) in [6.45, 7) is 0. The fourth-order valence-corrected chi connectivity index (χ4v) is 2.72. The van der Waals surface area contributed by atoms with Crippen LogP contribution in [0.4, 0.5) is 5.69 Å². The number of benzene rings is 2. The second-order valence-corrected chi connectivity index (χ2v) is 5.96. The van der Waals surface area contributed by atoms with Gasteiger partial charge in [0, 0.05) is 29.8 Å². The van der Waals surface area contributed by atoms with E-state index in [1.165, 1.54) is 0 Å². The zero-order chi connectivity index (χ0) is 15.4. The monoisotopic (exact) mass is 318 g/mol. The lowest BCUT2D eigenvalue weighted by Gasteiger charge is -2.14. The number of hydrogen-bond donors (Lipinski definition) is 0. The average molecular weight is 319 g/mol. The van der Waals surface area contributed by atoms with E-state index in [9.17, 15) is 5.26 Å². The molecular weight excluding hydrogens is 303 g/mol. The molecule has 0 amide bonds. The molecule has 0 radical (unpaired) electrons. The van der Waals surface area contributed by atoms with Crippen LogP contribution >= 0.6 is 23.2 Å². The third-order valence-electron chi connectivity index (χ3n) is 3.39. The van der Waals surface area contributed by atoms with Crippen LogP contribution in [0.2, 0.25) is 10.0 Å². The lowest BCUT2D eigenvalue weighted by atomic mass is 9.93. The molecule has 0 aromatic heterocycles. The highest BCUT2D eigenvalue weighted by Crippen LogP contribution is 2.30. The van der Waals surface area contributed by atoms with Crippen LogP contribution in [-0.2, 0) is 6.42 Å². The Kier molecular flexibility index (Phi) is 5.12. The van der Waals surface area contributed by atoms with Gasteiger partial charge in [0.2, 0.25) is 0 Å². The molecule has 0 spiro atoms. The summed E-state index contributed by atoms with van der Waals surface area (Å²) in [4.78, 5) is 2.04. The Hall–Kier alpha value is -1.69. The van der Waals surface area contributed by atoms with Gasteiger partial charge in [-0.05, 0) is 41.8 Å². The smallest absolute Gasteiger partial charge is 0.0767 e.